The number of H-pyrrole nitrogens is 1. The van der Waals surface area contributed by atoms with Crippen LogP contribution in [0.3, 0.4) is 0 Å². The molecule has 0 spiro atoms. The van der Waals surface area contributed by atoms with Crippen molar-refractivity contribution in [3.8, 4) is 0 Å². The normalized spacial score (nSPS) is 19.0. The molecule has 0 radical (unpaired) electrons. The van der Waals surface area contributed by atoms with Crippen LogP contribution in [0.1, 0.15) is 23.2 Å². The molecule has 2 aliphatic rings. The molecule has 1 aromatic rings. The number of nitrogens with zero attached hydrogens (tertiary/aromatic N) is 2. The van der Waals surface area contributed by atoms with Crippen LogP contribution in [0.15, 0.2) is 23.1 Å². The molecule has 1 saturated carbocycles. The average Bonchev–Trinajstić information content (AvgIpc) is 3.30. The first kappa shape index (κ1) is 12.9. The first-order chi connectivity index (χ1) is 9.65. The summed E-state index contributed by atoms with van der Waals surface area (Å²) in [6.07, 6.45) is 3.48. The van der Waals surface area contributed by atoms with E-state index in [1.807, 2.05) is 4.90 Å². The molecule has 106 valence electrons. The van der Waals surface area contributed by atoms with Gasteiger partial charge in [0.05, 0.1) is 0 Å². The average molecular weight is 275 g/mol. The summed E-state index contributed by atoms with van der Waals surface area (Å²) in [5.41, 5.74) is 0.120. The summed E-state index contributed by atoms with van der Waals surface area (Å²) in [5, 5.41) is 0. The Morgan fingerprint density at radius 1 is 1.10 bits per heavy atom. The fraction of sp³-hybridized carbons (Fsp3) is 0.500. The molecule has 1 aromatic heterocycles. The molecular formula is C14H17N3O3. The molecular weight excluding hydrogens is 258 g/mol. The second-order valence-corrected chi connectivity index (χ2v) is 5.33. The summed E-state index contributed by atoms with van der Waals surface area (Å²) in [7, 11) is 0. The van der Waals surface area contributed by atoms with Crippen LogP contribution >= 0.6 is 0 Å². The van der Waals surface area contributed by atoms with Gasteiger partial charge in [-0.3, -0.25) is 14.4 Å². The molecule has 3 rings (SSSR count). The van der Waals surface area contributed by atoms with Crippen molar-refractivity contribution in [1.82, 2.24) is 14.8 Å². The molecule has 1 aliphatic heterocycles. The SMILES string of the molecule is O=C(c1cc[nH]c(=O)c1)N1CCN(C(=O)C2CC2)CC1. The van der Waals surface area contributed by atoms with Gasteiger partial charge < -0.3 is 14.8 Å². The zero-order valence-corrected chi connectivity index (χ0v) is 11.2. The van der Waals surface area contributed by atoms with E-state index in [4.69, 9.17) is 0 Å². The van der Waals surface area contributed by atoms with E-state index in [1.54, 1.807) is 11.0 Å². The molecule has 0 atom stereocenters. The first-order valence-electron chi connectivity index (χ1n) is 6.92. The van der Waals surface area contributed by atoms with Crippen LogP contribution in [0, 0.1) is 5.92 Å². The molecule has 1 N–H and O–H groups in total. The summed E-state index contributed by atoms with van der Waals surface area (Å²) < 4.78 is 0. The summed E-state index contributed by atoms with van der Waals surface area (Å²) in [6, 6.07) is 2.91. The highest BCUT2D eigenvalue weighted by atomic mass is 16.2. The van der Waals surface area contributed by atoms with Crippen molar-refractivity contribution in [1.29, 1.82) is 0 Å². The van der Waals surface area contributed by atoms with E-state index >= 15 is 0 Å². The highest BCUT2D eigenvalue weighted by molar-refractivity contribution is 5.94. The molecule has 1 aliphatic carbocycles. The van der Waals surface area contributed by atoms with Crippen LogP contribution in [0.25, 0.3) is 0 Å². The summed E-state index contributed by atoms with van der Waals surface area (Å²) in [6.45, 7) is 2.24. The van der Waals surface area contributed by atoms with E-state index in [2.05, 4.69) is 4.98 Å². The Morgan fingerprint density at radius 3 is 2.35 bits per heavy atom. The van der Waals surface area contributed by atoms with E-state index in [9.17, 15) is 14.4 Å². The summed E-state index contributed by atoms with van der Waals surface area (Å²) in [5.74, 6) is 0.313. The minimum atomic E-state index is -0.279. The van der Waals surface area contributed by atoms with Crippen molar-refractivity contribution < 1.29 is 9.59 Å². The Balaban J connectivity index is 1.61. The van der Waals surface area contributed by atoms with Gasteiger partial charge in [0.2, 0.25) is 11.5 Å². The minimum Gasteiger partial charge on any atom is -0.339 e. The van der Waals surface area contributed by atoms with Crippen LogP contribution in [-0.2, 0) is 4.79 Å². The second-order valence-electron chi connectivity index (χ2n) is 5.33. The number of carbonyl (C=O) groups excluding carboxylic acids is 2. The van der Waals surface area contributed by atoms with E-state index in [0.29, 0.717) is 31.7 Å². The summed E-state index contributed by atoms with van der Waals surface area (Å²) in [4.78, 5) is 41.4. The fourth-order valence-corrected chi connectivity index (χ4v) is 2.48. The van der Waals surface area contributed by atoms with Crippen molar-refractivity contribution in [3.05, 3.63) is 34.2 Å². The van der Waals surface area contributed by atoms with Gasteiger partial charge in [-0.15, -0.1) is 0 Å². The molecule has 1 saturated heterocycles. The molecule has 0 unspecified atom stereocenters. The maximum Gasteiger partial charge on any atom is 0.254 e. The highest BCUT2D eigenvalue weighted by Gasteiger charge is 2.35. The minimum absolute atomic E-state index is 0.144. The Morgan fingerprint density at radius 2 is 1.75 bits per heavy atom. The molecule has 6 heteroatoms. The Hall–Kier alpha value is -2.11. The number of amides is 2. The van der Waals surface area contributed by atoms with Gasteiger partial charge in [0.1, 0.15) is 0 Å². The van der Waals surface area contributed by atoms with E-state index in [0.717, 1.165) is 12.8 Å². The van der Waals surface area contributed by atoms with Crippen LogP contribution in [-0.4, -0.2) is 52.8 Å². The Kier molecular flexibility index (Phi) is 3.30. The molecule has 6 nitrogen and oxygen atoms in total. The number of piperazine rings is 1. The van der Waals surface area contributed by atoms with Crippen LogP contribution < -0.4 is 5.56 Å². The van der Waals surface area contributed by atoms with Gasteiger partial charge in [-0.05, 0) is 18.9 Å². The third kappa shape index (κ3) is 2.59. The van der Waals surface area contributed by atoms with Crippen molar-refractivity contribution in [2.24, 2.45) is 5.92 Å². The number of rotatable bonds is 2. The summed E-state index contributed by atoms with van der Waals surface area (Å²) >= 11 is 0. The fourth-order valence-electron chi connectivity index (χ4n) is 2.48. The lowest BCUT2D eigenvalue weighted by Gasteiger charge is -2.34. The van der Waals surface area contributed by atoms with E-state index in [-0.39, 0.29) is 23.3 Å². The maximum absolute atomic E-state index is 12.2. The highest BCUT2D eigenvalue weighted by Crippen LogP contribution is 2.31. The van der Waals surface area contributed by atoms with Crippen LogP contribution in [0.4, 0.5) is 0 Å². The third-order valence-corrected chi connectivity index (χ3v) is 3.83. The lowest BCUT2D eigenvalue weighted by atomic mass is 10.2. The molecule has 2 fully saturated rings. The van der Waals surface area contributed by atoms with E-state index < -0.39 is 0 Å². The molecule has 0 aromatic carbocycles. The number of nitrogens with one attached hydrogen (secondary N) is 1. The smallest absolute Gasteiger partial charge is 0.254 e. The Labute approximate surface area is 116 Å². The lowest BCUT2D eigenvalue weighted by Crippen LogP contribution is -2.51. The number of hydrogen-bond acceptors (Lipinski definition) is 3. The predicted octanol–water partition coefficient (Wildman–Crippen LogP) is 0.0693. The van der Waals surface area contributed by atoms with Gasteiger partial charge in [0.25, 0.3) is 5.91 Å². The van der Waals surface area contributed by atoms with E-state index in [1.165, 1.54) is 12.3 Å². The standard InChI is InChI=1S/C14H17N3O3/c18-12-9-11(3-4-15-12)14(20)17-7-5-16(6-8-17)13(19)10-1-2-10/h3-4,9-10H,1-2,5-8H2,(H,15,18). The first-order valence-corrected chi connectivity index (χ1v) is 6.92. The molecule has 0 bridgehead atoms. The second kappa shape index (κ2) is 5.11. The van der Waals surface area contributed by atoms with Crippen LogP contribution in [0.2, 0.25) is 0 Å². The van der Waals surface area contributed by atoms with Crippen molar-refractivity contribution in [2.75, 3.05) is 26.2 Å². The van der Waals surface area contributed by atoms with Crippen molar-refractivity contribution in [2.45, 2.75) is 12.8 Å². The van der Waals surface area contributed by atoms with Gasteiger partial charge in [0, 0.05) is 49.9 Å². The molecule has 2 amide bonds. The quantitative estimate of drug-likeness (QED) is 0.830. The lowest BCUT2D eigenvalue weighted by molar-refractivity contribution is -0.134. The van der Waals surface area contributed by atoms with Crippen LogP contribution in [0.5, 0.6) is 0 Å². The number of hydrogen-bond donors (Lipinski definition) is 1. The maximum atomic E-state index is 12.2. The molecule has 2 heterocycles. The number of carbonyl (C=O) groups is 2. The largest absolute Gasteiger partial charge is 0.339 e. The topological polar surface area (TPSA) is 73.5 Å². The van der Waals surface area contributed by atoms with Crippen molar-refractivity contribution >= 4 is 11.8 Å². The van der Waals surface area contributed by atoms with Gasteiger partial charge in [-0.25, -0.2) is 0 Å². The van der Waals surface area contributed by atoms with Gasteiger partial charge in [-0.1, -0.05) is 0 Å². The third-order valence-electron chi connectivity index (χ3n) is 3.83. The van der Waals surface area contributed by atoms with Crippen molar-refractivity contribution in [3.63, 3.8) is 0 Å². The predicted molar refractivity (Wildman–Crippen MR) is 72.3 cm³/mol. The van der Waals surface area contributed by atoms with Gasteiger partial charge in [0.15, 0.2) is 0 Å². The number of pyridine rings is 1. The number of aromatic nitrogens is 1. The van der Waals surface area contributed by atoms with Gasteiger partial charge >= 0.3 is 0 Å². The monoisotopic (exact) mass is 275 g/mol. The van der Waals surface area contributed by atoms with Gasteiger partial charge in [-0.2, -0.15) is 0 Å². The molecule has 20 heavy (non-hydrogen) atoms. The zero-order chi connectivity index (χ0) is 14.1. The zero-order valence-electron chi connectivity index (χ0n) is 11.2. The Bertz CT molecular complexity index is 583. The number of aromatic amines is 1.